The van der Waals surface area contributed by atoms with E-state index in [0.717, 1.165) is 23.4 Å². The van der Waals surface area contributed by atoms with E-state index in [1.807, 2.05) is 31.2 Å². The number of benzene rings is 2. The van der Waals surface area contributed by atoms with Crippen molar-refractivity contribution in [3.8, 4) is 0 Å². The molecule has 1 aliphatic heterocycles. The van der Waals surface area contributed by atoms with Crippen LogP contribution in [0, 0.1) is 11.8 Å². The number of amides is 2. The van der Waals surface area contributed by atoms with Crippen molar-refractivity contribution in [2.24, 2.45) is 5.18 Å². The maximum absolute atomic E-state index is 13.2. The number of alkyl halides is 3. The van der Waals surface area contributed by atoms with Crippen LogP contribution >= 0.6 is 0 Å². The van der Waals surface area contributed by atoms with Crippen molar-refractivity contribution in [3.05, 3.63) is 58.5 Å². The lowest BCUT2D eigenvalue weighted by Crippen LogP contribution is -2.53. The quantitative estimate of drug-likeness (QED) is 0.520. The first kappa shape index (κ1) is 26.6. The Morgan fingerprint density at radius 2 is 1.78 bits per heavy atom. The van der Waals surface area contributed by atoms with Gasteiger partial charge in [0.05, 0.1) is 11.7 Å². The molecule has 0 atom stereocenters. The molecule has 0 aromatic heterocycles. The number of carbonyl (C=O) groups excluding carboxylic acids is 2. The molecule has 2 aliphatic rings. The van der Waals surface area contributed by atoms with Gasteiger partial charge in [-0.2, -0.15) is 13.2 Å². The number of anilines is 2. The molecule has 198 valence electrons. The van der Waals surface area contributed by atoms with Gasteiger partial charge in [-0.15, -0.1) is 4.91 Å². The minimum Gasteiger partial charge on any atom is -0.382 e. The van der Waals surface area contributed by atoms with E-state index in [9.17, 15) is 27.7 Å². The second-order valence-electron chi connectivity index (χ2n) is 9.45. The fourth-order valence-electron chi connectivity index (χ4n) is 4.71. The lowest BCUT2D eigenvalue weighted by atomic mass is 9.92. The van der Waals surface area contributed by atoms with Gasteiger partial charge in [-0.25, -0.2) is 0 Å². The number of nitrogens with zero attached hydrogens (tertiary/aromatic N) is 3. The van der Waals surface area contributed by atoms with Crippen molar-refractivity contribution in [1.29, 1.82) is 0 Å². The predicted octanol–water partition coefficient (Wildman–Crippen LogP) is 5.03. The lowest BCUT2D eigenvalue weighted by Gasteiger charge is -2.35. The highest BCUT2D eigenvalue weighted by Crippen LogP contribution is 2.38. The summed E-state index contributed by atoms with van der Waals surface area (Å²) in [5, 5.41) is 5.55. The Kier molecular flexibility index (Phi) is 8.11. The summed E-state index contributed by atoms with van der Waals surface area (Å²) in [4.78, 5) is 39.1. The number of carbonyl (C=O) groups is 2. The molecular weight excluding hydrogens is 489 g/mol. The number of halogens is 3. The highest BCUT2D eigenvalue weighted by molar-refractivity contribution is 5.98. The zero-order valence-electron chi connectivity index (χ0n) is 20.5. The van der Waals surface area contributed by atoms with Crippen LogP contribution in [0.4, 0.5) is 30.2 Å². The first-order valence-electron chi connectivity index (χ1n) is 12.2. The van der Waals surface area contributed by atoms with Gasteiger partial charge < -0.3 is 19.9 Å². The molecule has 1 heterocycles. The van der Waals surface area contributed by atoms with E-state index in [4.69, 9.17) is 4.74 Å². The molecule has 1 saturated heterocycles. The van der Waals surface area contributed by atoms with Crippen LogP contribution in [0.5, 0.6) is 0 Å². The summed E-state index contributed by atoms with van der Waals surface area (Å²) in [5.74, 6) is -0.374. The van der Waals surface area contributed by atoms with Crippen LogP contribution < -0.4 is 10.2 Å². The maximum Gasteiger partial charge on any atom is 0.418 e. The Bertz CT molecular complexity index is 1130. The number of hydrogen-bond donors (Lipinski definition) is 1. The molecule has 1 saturated carbocycles. The first-order valence-corrected chi connectivity index (χ1v) is 12.2. The van der Waals surface area contributed by atoms with Crippen molar-refractivity contribution in [1.82, 2.24) is 4.90 Å². The van der Waals surface area contributed by atoms with E-state index in [1.165, 1.54) is 11.0 Å². The van der Waals surface area contributed by atoms with Gasteiger partial charge in [-0.05, 0) is 68.1 Å². The molecule has 2 aromatic rings. The maximum atomic E-state index is 13.2. The van der Waals surface area contributed by atoms with Crippen molar-refractivity contribution in [2.45, 2.75) is 50.9 Å². The lowest BCUT2D eigenvalue weighted by molar-refractivity contribution is -0.142. The number of rotatable bonds is 7. The van der Waals surface area contributed by atoms with Gasteiger partial charge in [0.25, 0.3) is 0 Å². The van der Waals surface area contributed by atoms with E-state index in [0.29, 0.717) is 38.8 Å². The number of hydrogen-bond acceptors (Lipinski definition) is 6. The second kappa shape index (κ2) is 11.3. The molecule has 2 aromatic carbocycles. The van der Waals surface area contributed by atoms with Crippen LogP contribution in [0.3, 0.4) is 0 Å². The van der Waals surface area contributed by atoms with Gasteiger partial charge in [0.2, 0.25) is 11.8 Å². The summed E-state index contributed by atoms with van der Waals surface area (Å²) in [7, 11) is 0. The first-order chi connectivity index (χ1) is 17.6. The summed E-state index contributed by atoms with van der Waals surface area (Å²) >= 11 is 0. The summed E-state index contributed by atoms with van der Waals surface area (Å²) in [6, 6.07) is 11.0. The van der Waals surface area contributed by atoms with E-state index in [1.54, 1.807) is 4.90 Å². The molecule has 0 unspecified atom stereocenters. The monoisotopic (exact) mass is 518 g/mol. The zero-order valence-corrected chi connectivity index (χ0v) is 20.5. The average Bonchev–Trinajstić information content (AvgIpc) is 2.88. The molecule has 1 aliphatic carbocycles. The van der Waals surface area contributed by atoms with E-state index in [-0.39, 0.29) is 42.8 Å². The number of nitrogens with one attached hydrogen (secondary N) is 1. The Morgan fingerprint density at radius 1 is 1.08 bits per heavy atom. The second-order valence-corrected chi connectivity index (χ2v) is 9.45. The van der Waals surface area contributed by atoms with Gasteiger partial charge in [0.1, 0.15) is 18.8 Å². The third-order valence-corrected chi connectivity index (χ3v) is 6.81. The van der Waals surface area contributed by atoms with Crippen LogP contribution in [0.25, 0.3) is 0 Å². The highest BCUT2D eigenvalue weighted by atomic mass is 19.4. The van der Waals surface area contributed by atoms with Crippen LogP contribution in [0.2, 0.25) is 0 Å². The molecule has 1 N–H and O–H groups in total. The standard InChI is InChI=1S/C26H29F3N4O4/c1-17-2-7-20(8-3-17)33-13-12-32(15-24(33)34)25(35)16-37-21-9-4-18(5-10-21)30-19-6-11-23(31-36)22(14-19)26(27,28)29/h2-3,6-8,11,14,18,21,30H,4-5,9-10,12-13,15-16H2,1H3. The van der Waals surface area contributed by atoms with Crippen LogP contribution in [0.15, 0.2) is 47.6 Å². The highest BCUT2D eigenvalue weighted by Gasteiger charge is 2.35. The summed E-state index contributed by atoms with van der Waals surface area (Å²) < 4.78 is 45.3. The van der Waals surface area contributed by atoms with E-state index >= 15 is 0 Å². The Hall–Kier alpha value is -3.47. The third-order valence-electron chi connectivity index (χ3n) is 6.81. The number of ether oxygens (including phenoxy) is 1. The molecular formula is C26H29F3N4O4. The smallest absolute Gasteiger partial charge is 0.382 e. The molecule has 37 heavy (non-hydrogen) atoms. The number of aryl methyl sites for hydroxylation is 1. The fraction of sp³-hybridized carbons (Fsp3) is 0.462. The normalized spacial score (nSPS) is 20.6. The van der Waals surface area contributed by atoms with Gasteiger partial charge in [-0.3, -0.25) is 9.59 Å². The predicted molar refractivity (Wildman–Crippen MR) is 133 cm³/mol. The van der Waals surface area contributed by atoms with E-state index < -0.39 is 17.4 Å². The molecule has 2 fully saturated rings. The number of piperazine rings is 1. The Morgan fingerprint density at radius 3 is 2.41 bits per heavy atom. The van der Waals surface area contributed by atoms with Crippen molar-refractivity contribution >= 4 is 28.9 Å². The van der Waals surface area contributed by atoms with Crippen molar-refractivity contribution < 1.29 is 27.5 Å². The molecule has 11 heteroatoms. The van der Waals surface area contributed by atoms with E-state index in [2.05, 4.69) is 10.5 Å². The summed E-state index contributed by atoms with van der Waals surface area (Å²) in [6.07, 6.45) is -2.21. The van der Waals surface area contributed by atoms with Crippen molar-refractivity contribution in [3.63, 3.8) is 0 Å². The molecule has 4 rings (SSSR count). The van der Waals surface area contributed by atoms with Gasteiger partial charge in [0.15, 0.2) is 0 Å². The van der Waals surface area contributed by atoms with Crippen LogP contribution in [-0.2, 0) is 20.5 Å². The minimum absolute atomic E-state index is 0.00502. The van der Waals surface area contributed by atoms with Gasteiger partial charge in [0, 0.05) is 30.5 Å². The largest absolute Gasteiger partial charge is 0.418 e. The van der Waals surface area contributed by atoms with Crippen LogP contribution in [0.1, 0.15) is 36.8 Å². The van der Waals surface area contributed by atoms with Gasteiger partial charge in [-0.1, -0.05) is 17.7 Å². The summed E-state index contributed by atoms with van der Waals surface area (Å²) in [6.45, 7) is 2.71. The Labute approximate surface area is 212 Å². The Balaban J connectivity index is 1.21. The molecule has 0 radical (unpaired) electrons. The SMILES string of the molecule is Cc1ccc(N2CCN(C(=O)COC3CCC(Nc4ccc(N=O)c(C(F)(F)F)c4)CC3)CC2=O)cc1. The van der Waals surface area contributed by atoms with Gasteiger partial charge >= 0.3 is 6.18 Å². The summed E-state index contributed by atoms with van der Waals surface area (Å²) in [5.41, 5.74) is 0.483. The molecule has 2 amide bonds. The third kappa shape index (κ3) is 6.65. The minimum atomic E-state index is -4.67. The number of nitroso groups, excluding NO2 is 1. The molecule has 8 nitrogen and oxygen atoms in total. The average molecular weight is 519 g/mol. The fourth-order valence-corrected chi connectivity index (χ4v) is 4.71. The zero-order chi connectivity index (χ0) is 26.6. The van der Waals surface area contributed by atoms with Crippen molar-refractivity contribution in [2.75, 3.05) is 36.5 Å². The molecule has 0 spiro atoms. The van der Waals surface area contributed by atoms with Crippen LogP contribution in [-0.4, -0.2) is 55.1 Å². The topological polar surface area (TPSA) is 91.3 Å². The molecule has 0 bridgehead atoms.